The summed E-state index contributed by atoms with van der Waals surface area (Å²) in [5.74, 6) is -1.11. The number of Topliss-reactive ketones (excluding diaryl/α,β-unsaturated/α-hetero) is 1. The maximum absolute atomic E-state index is 12.3. The van der Waals surface area contributed by atoms with Gasteiger partial charge in [0.1, 0.15) is 0 Å². The summed E-state index contributed by atoms with van der Waals surface area (Å²) in [7, 11) is 0. The number of unbranched alkanes of at least 4 members (excludes halogenated alkanes) is 2. The van der Waals surface area contributed by atoms with E-state index in [1.807, 2.05) is 13.8 Å². The molecule has 0 aliphatic rings. The molecule has 0 saturated carbocycles. The monoisotopic (exact) mass is 257 g/mol. The van der Waals surface area contributed by atoms with Crippen molar-refractivity contribution in [1.82, 2.24) is 0 Å². The Bertz CT molecular complexity index is 278. The van der Waals surface area contributed by atoms with Gasteiger partial charge < -0.3 is 10.8 Å². The molecule has 0 radical (unpaired) electrons. The van der Waals surface area contributed by atoms with E-state index in [9.17, 15) is 9.59 Å². The number of hydrogen-bond acceptors (Lipinski definition) is 3. The summed E-state index contributed by atoms with van der Waals surface area (Å²) in [5.41, 5.74) is 5.25. The van der Waals surface area contributed by atoms with Gasteiger partial charge in [0.05, 0.1) is 12.5 Å². The average molecular weight is 257 g/mol. The zero-order valence-corrected chi connectivity index (χ0v) is 11.9. The Hall–Kier alpha value is -0.900. The van der Waals surface area contributed by atoms with Crippen molar-refractivity contribution in [3.63, 3.8) is 0 Å². The minimum Gasteiger partial charge on any atom is -0.481 e. The van der Waals surface area contributed by atoms with E-state index in [4.69, 9.17) is 10.8 Å². The van der Waals surface area contributed by atoms with Gasteiger partial charge in [0.25, 0.3) is 0 Å². The minimum absolute atomic E-state index is 0.0946. The normalized spacial score (nSPS) is 16.0. The molecule has 3 N–H and O–H groups in total. The van der Waals surface area contributed by atoms with Gasteiger partial charge in [-0.15, -0.1) is 0 Å². The fourth-order valence-corrected chi connectivity index (χ4v) is 2.42. The second-order valence-electron chi connectivity index (χ2n) is 5.34. The van der Waals surface area contributed by atoms with Crippen LogP contribution in [0.2, 0.25) is 0 Å². The van der Waals surface area contributed by atoms with E-state index in [0.717, 1.165) is 38.5 Å². The molecule has 0 fully saturated rings. The number of aliphatic carboxylic acids is 1. The smallest absolute Gasteiger partial charge is 0.305 e. The van der Waals surface area contributed by atoms with E-state index in [1.165, 1.54) is 0 Å². The number of carbonyl (C=O) groups is 2. The highest BCUT2D eigenvalue weighted by Gasteiger charge is 2.35. The van der Waals surface area contributed by atoms with E-state index in [0.29, 0.717) is 0 Å². The number of carboxylic acid groups (broad SMARTS) is 1. The first-order chi connectivity index (χ1) is 8.37. The highest BCUT2D eigenvalue weighted by molar-refractivity contribution is 5.92. The first kappa shape index (κ1) is 17.1. The number of hydrogen-bond donors (Lipinski definition) is 2. The van der Waals surface area contributed by atoms with Crippen LogP contribution in [0.25, 0.3) is 0 Å². The molecule has 0 heterocycles. The fourth-order valence-electron chi connectivity index (χ4n) is 2.42. The number of carbonyl (C=O) groups excluding carboxylic acids is 1. The van der Waals surface area contributed by atoms with E-state index in [2.05, 4.69) is 6.92 Å². The summed E-state index contributed by atoms with van der Waals surface area (Å²) in [5, 5.41) is 8.71. The molecule has 106 valence electrons. The van der Waals surface area contributed by atoms with Crippen molar-refractivity contribution in [2.45, 2.75) is 71.8 Å². The van der Waals surface area contributed by atoms with Gasteiger partial charge in [-0.3, -0.25) is 9.59 Å². The Morgan fingerprint density at radius 3 is 2.22 bits per heavy atom. The maximum Gasteiger partial charge on any atom is 0.305 e. The van der Waals surface area contributed by atoms with Crippen molar-refractivity contribution in [2.24, 2.45) is 11.1 Å². The zero-order chi connectivity index (χ0) is 14.2. The van der Waals surface area contributed by atoms with Crippen LogP contribution in [0, 0.1) is 5.41 Å². The zero-order valence-electron chi connectivity index (χ0n) is 11.9. The van der Waals surface area contributed by atoms with Gasteiger partial charge in [0.15, 0.2) is 5.78 Å². The third-order valence-corrected chi connectivity index (χ3v) is 3.46. The van der Waals surface area contributed by atoms with E-state index in [1.54, 1.807) is 0 Å². The molecule has 0 aliphatic carbocycles. The van der Waals surface area contributed by atoms with Crippen LogP contribution in [0.5, 0.6) is 0 Å². The standard InChI is InChI=1S/C14H27NO3/c1-4-6-7-9-14(3,8-5-2)13(18)11(15)10-12(16)17/h11H,4-10,15H2,1-3H3,(H,16,17). The molecule has 0 rings (SSSR count). The van der Waals surface area contributed by atoms with Crippen molar-refractivity contribution < 1.29 is 14.7 Å². The largest absolute Gasteiger partial charge is 0.481 e. The molecule has 0 bridgehead atoms. The first-order valence-electron chi connectivity index (χ1n) is 6.89. The van der Waals surface area contributed by atoms with E-state index >= 15 is 0 Å². The Labute approximate surface area is 110 Å². The molecule has 0 aromatic heterocycles. The molecule has 0 saturated heterocycles. The van der Waals surface area contributed by atoms with Crippen LogP contribution in [-0.4, -0.2) is 22.9 Å². The van der Waals surface area contributed by atoms with Gasteiger partial charge in [-0.05, 0) is 12.8 Å². The molecule has 0 amide bonds. The summed E-state index contributed by atoms with van der Waals surface area (Å²) in [4.78, 5) is 22.9. The van der Waals surface area contributed by atoms with Gasteiger partial charge in [0.2, 0.25) is 0 Å². The predicted molar refractivity (Wildman–Crippen MR) is 72.4 cm³/mol. The molecule has 2 atom stereocenters. The third kappa shape index (κ3) is 5.63. The van der Waals surface area contributed by atoms with Gasteiger partial charge in [0, 0.05) is 5.41 Å². The van der Waals surface area contributed by atoms with Crippen molar-refractivity contribution in [1.29, 1.82) is 0 Å². The van der Waals surface area contributed by atoms with Crippen LogP contribution in [0.4, 0.5) is 0 Å². The molecule has 4 heteroatoms. The highest BCUT2D eigenvalue weighted by Crippen LogP contribution is 2.32. The Balaban J connectivity index is 4.63. The van der Waals surface area contributed by atoms with Crippen molar-refractivity contribution in [3.8, 4) is 0 Å². The van der Waals surface area contributed by atoms with Gasteiger partial charge >= 0.3 is 5.97 Å². The maximum atomic E-state index is 12.3. The van der Waals surface area contributed by atoms with Gasteiger partial charge in [-0.25, -0.2) is 0 Å². The van der Waals surface area contributed by atoms with Crippen molar-refractivity contribution >= 4 is 11.8 Å². The van der Waals surface area contributed by atoms with Gasteiger partial charge in [-0.2, -0.15) is 0 Å². The lowest BCUT2D eigenvalue weighted by atomic mass is 9.74. The summed E-state index contributed by atoms with van der Waals surface area (Å²) in [6.07, 6.45) is 5.43. The quantitative estimate of drug-likeness (QED) is 0.590. The summed E-state index contributed by atoms with van der Waals surface area (Å²) in [6.45, 7) is 6.08. The number of nitrogens with two attached hydrogens (primary N) is 1. The van der Waals surface area contributed by atoms with Crippen molar-refractivity contribution in [3.05, 3.63) is 0 Å². The number of rotatable bonds is 10. The number of carboxylic acids is 1. The fraction of sp³-hybridized carbons (Fsp3) is 0.857. The van der Waals surface area contributed by atoms with Gasteiger partial charge in [-0.1, -0.05) is 46.5 Å². The molecule has 18 heavy (non-hydrogen) atoms. The molecule has 0 aromatic rings. The minimum atomic E-state index is -1.01. The topological polar surface area (TPSA) is 80.4 Å². The molecule has 0 spiro atoms. The lowest BCUT2D eigenvalue weighted by molar-refractivity contribution is -0.141. The SMILES string of the molecule is CCCCCC(C)(CCC)C(=O)C(N)CC(=O)O. The van der Waals surface area contributed by atoms with Crippen molar-refractivity contribution in [2.75, 3.05) is 0 Å². The predicted octanol–water partition coefficient (Wildman–Crippen LogP) is 2.74. The van der Waals surface area contributed by atoms with Crippen LogP contribution in [-0.2, 0) is 9.59 Å². The molecule has 4 nitrogen and oxygen atoms in total. The lowest BCUT2D eigenvalue weighted by Gasteiger charge is -2.30. The average Bonchev–Trinajstić information content (AvgIpc) is 2.27. The van der Waals surface area contributed by atoms with Crippen LogP contribution in [0.15, 0.2) is 0 Å². The van der Waals surface area contributed by atoms with E-state index in [-0.39, 0.29) is 12.2 Å². The number of ketones is 1. The van der Waals surface area contributed by atoms with E-state index < -0.39 is 17.4 Å². The lowest BCUT2D eigenvalue weighted by Crippen LogP contribution is -2.43. The Morgan fingerprint density at radius 1 is 1.17 bits per heavy atom. The van der Waals surface area contributed by atoms with Crippen LogP contribution in [0.3, 0.4) is 0 Å². The third-order valence-electron chi connectivity index (χ3n) is 3.46. The second kappa shape index (κ2) is 8.25. The molecular formula is C14H27NO3. The molecule has 2 unspecified atom stereocenters. The summed E-state index contributed by atoms with van der Waals surface area (Å²) >= 11 is 0. The highest BCUT2D eigenvalue weighted by atomic mass is 16.4. The Morgan fingerprint density at radius 2 is 1.78 bits per heavy atom. The summed E-state index contributed by atoms with van der Waals surface area (Å²) in [6, 6.07) is -0.874. The molecular weight excluding hydrogens is 230 g/mol. The van der Waals surface area contributed by atoms with Crippen LogP contribution >= 0.6 is 0 Å². The Kier molecular flexibility index (Phi) is 7.83. The van der Waals surface area contributed by atoms with Crippen LogP contribution in [0.1, 0.15) is 65.7 Å². The van der Waals surface area contributed by atoms with Crippen LogP contribution < -0.4 is 5.73 Å². The molecule has 0 aromatic carbocycles. The first-order valence-corrected chi connectivity index (χ1v) is 6.89. The second-order valence-corrected chi connectivity index (χ2v) is 5.34. The summed E-state index contributed by atoms with van der Waals surface area (Å²) < 4.78 is 0. The molecule has 0 aliphatic heterocycles.